The predicted molar refractivity (Wildman–Crippen MR) is 120 cm³/mol. The maximum absolute atomic E-state index is 12.8. The number of carbonyl (C=O) groups excluding carboxylic acids is 1. The zero-order chi connectivity index (χ0) is 19.6. The Balaban J connectivity index is 1.46. The highest BCUT2D eigenvalue weighted by atomic mass is 32.2. The van der Waals surface area contributed by atoms with E-state index >= 15 is 0 Å². The van der Waals surface area contributed by atoms with Crippen molar-refractivity contribution in [2.45, 2.75) is 5.37 Å². The van der Waals surface area contributed by atoms with Crippen LogP contribution in [0.1, 0.15) is 10.9 Å². The molecule has 3 nitrogen and oxygen atoms in total. The molecule has 0 spiro atoms. The van der Waals surface area contributed by atoms with Gasteiger partial charge >= 0.3 is 0 Å². The van der Waals surface area contributed by atoms with Crippen LogP contribution in [0.3, 0.4) is 0 Å². The zero-order valence-electron chi connectivity index (χ0n) is 15.7. The number of hydrogen-bond acceptors (Lipinski definition) is 3. The first-order chi connectivity index (χ1) is 14.3. The van der Waals surface area contributed by atoms with E-state index in [-0.39, 0.29) is 11.3 Å². The number of para-hydroxylation sites is 1. The van der Waals surface area contributed by atoms with E-state index < -0.39 is 0 Å². The van der Waals surface area contributed by atoms with Crippen LogP contribution in [0.15, 0.2) is 97.1 Å². The molecule has 1 atom stereocenters. The summed E-state index contributed by atoms with van der Waals surface area (Å²) in [6.45, 7) is 0. The Kier molecular flexibility index (Phi) is 4.70. The van der Waals surface area contributed by atoms with Crippen LogP contribution in [0.2, 0.25) is 0 Å². The van der Waals surface area contributed by atoms with Crippen molar-refractivity contribution >= 4 is 34.1 Å². The highest BCUT2D eigenvalue weighted by molar-refractivity contribution is 8.00. The molecule has 0 radical (unpaired) electrons. The fourth-order valence-corrected chi connectivity index (χ4v) is 4.84. The molecule has 0 N–H and O–H groups in total. The Hall–Kier alpha value is -3.24. The van der Waals surface area contributed by atoms with Gasteiger partial charge in [-0.3, -0.25) is 9.69 Å². The number of carbonyl (C=O) groups is 1. The molecule has 1 aliphatic rings. The van der Waals surface area contributed by atoms with Gasteiger partial charge in [-0.15, -0.1) is 11.8 Å². The molecule has 5 rings (SSSR count). The first kappa shape index (κ1) is 17.8. The van der Waals surface area contributed by atoms with Gasteiger partial charge in [-0.05, 0) is 41.3 Å². The second-order valence-electron chi connectivity index (χ2n) is 6.91. The molecule has 4 aromatic carbocycles. The van der Waals surface area contributed by atoms with E-state index in [4.69, 9.17) is 4.74 Å². The molecular weight excluding hydrogens is 378 g/mol. The zero-order valence-corrected chi connectivity index (χ0v) is 16.5. The summed E-state index contributed by atoms with van der Waals surface area (Å²) in [6.07, 6.45) is 0. The molecule has 1 unspecified atom stereocenters. The van der Waals surface area contributed by atoms with Gasteiger partial charge in [0.2, 0.25) is 5.91 Å². The van der Waals surface area contributed by atoms with E-state index in [2.05, 4.69) is 18.2 Å². The van der Waals surface area contributed by atoms with Crippen molar-refractivity contribution in [2.24, 2.45) is 0 Å². The lowest BCUT2D eigenvalue weighted by Crippen LogP contribution is -2.28. The van der Waals surface area contributed by atoms with Gasteiger partial charge in [0.05, 0.1) is 11.4 Å². The number of fused-ring (bicyclic) bond motifs is 1. The SMILES string of the molecule is O=C1CSC(c2ccc(Oc3ccccc3)cc2)N1c1cccc2ccccc12. The number of anilines is 1. The van der Waals surface area contributed by atoms with Gasteiger partial charge in [-0.2, -0.15) is 0 Å². The van der Waals surface area contributed by atoms with Gasteiger partial charge in [-0.25, -0.2) is 0 Å². The molecule has 142 valence electrons. The smallest absolute Gasteiger partial charge is 0.238 e. The maximum atomic E-state index is 12.8. The van der Waals surface area contributed by atoms with Gasteiger partial charge in [0.15, 0.2) is 0 Å². The minimum atomic E-state index is -0.0425. The average molecular weight is 397 g/mol. The lowest BCUT2D eigenvalue weighted by molar-refractivity contribution is -0.115. The van der Waals surface area contributed by atoms with E-state index in [9.17, 15) is 4.79 Å². The van der Waals surface area contributed by atoms with E-state index in [1.165, 1.54) is 0 Å². The predicted octanol–water partition coefficient (Wildman–Crippen LogP) is 6.41. The van der Waals surface area contributed by atoms with Crippen LogP contribution in [0.4, 0.5) is 5.69 Å². The van der Waals surface area contributed by atoms with Crippen LogP contribution in [0.25, 0.3) is 10.8 Å². The Labute approximate surface area is 173 Å². The average Bonchev–Trinajstić information content (AvgIpc) is 3.16. The second kappa shape index (κ2) is 7.64. The highest BCUT2D eigenvalue weighted by Crippen LogP contribution is 2.44. The minimum Gasteiger partial charge on any atom is -0.457 e. The lowest BCUT2D eigenvalue weighted by atomic mass is 10.1. The van der Waals surface area contributed by atoms with E-state index in [1.54, 1.807) is 11.8 Å². The van der Waals surface area contributed by atoms with Crippen molar-refractivity contribution in [3.8, 4) is 11.5 Å². The first-order valence-corrected chi connectivity index (χ1v) is 10.6. The quantitative estimate of drug-likeness (QED) is 0.398. The van der Waals surface area contributed by atoms with Gasteiger partial charge in [0, 0.05) is 5.39 Å². The van der Waals surface area contributed by atoms with E-state index in [0.29, 0.717) is 5.75 Å². The Bertz CT molecular complexity index is 1150. The van der Waals surface area contributed by atoms with Crippen LogP contribution in [-0.2, 0) is 4.79 Å². The molecule has 4 heteroatoms. The lowest BCUT2D eigenvalue weighted by Gasteiger charge is -2.26. The van der Waals surface area contributed by atoms with Crippen molar-refractivity contribution in [1.29, 1.82) is 0 Å². The maximum Gasteiger partial charge on any atom is 0.238 e. The molecule has 1 fully saturated rings. The van der Waals surface area contributed by atoms with Crippen LogP contribution in [-0.4, -0.2) is 11.7 Å². The molecule has 0 saturated carbocycles. The molecule has 0 bridgehead atoms. The van der Waals surface area contributed by atoms with Gasteiger partial charge in [0.25, 0.3) is 0 Å². The molecule has 4 aromatic rings. The standard InChI is InChI=1S/C25H19NO2S/c27-24-17-29-25(26(24)23-12-6-8-18-7-4-5-11-22(18)23)19-13-15-21(16-14-19)28-20-9-2-1-3-10-20/h1-16,25H,17H2. The summed E-state index contributed by atoms with van der Waals surface area (Å²) >= 11 is 1.66. The summed E-state index contributed by atoms with van der Waals surface area (Å²) in [4.78, 5) is 14.7. The molecule has 1 aliphatic heterocycles. The van der Waals surface area contributed by atoms with Crippen molar-refractivity contribution < 1.29 is 9.53 Å². The van der Waals surface area contributed by atoms with Crippen LogP contribution in [0, 0.1) is 0 Å². The second-order valence-corrected chi connectivity index (χ2v) is 7.98. The molecule has 29 heavy (non-hydrogen) atoms. The first-order valence-electron chi connectivity index (χ1n) is 9.54. The highest BCUT2D eigenvalue weighted by Gasteiger charge is 2.34. The third-order valence-corrected chi connectivity index (χ3v) is 6.25. The van der Waals surface area contributed by atoms with E-state index in [0.717, 1.165) is 33.5 Å². The van der Waals surface area contributed by atoms with Crippen LogP contribution < -0.4 is 9.64 Å². The van der Waals surface area contributed by atoms with Crippen molar-refractivity contribution in [3.63, 3.8) is 0 Å². The van der Waals surface area contributed by atoms with Gasteiger partial charge in [-0.1, -0.05) is 66.7 Å². The largest absolute Gasteiger partial charge is 0.457 e. The number of hydrogen-bond donors (Lipinski definition) is 0. The summed E-state index contributed by atoms with van der Waals surface area (Å²) in [5.41, 5.74) is 2.06. The van der Waals surface area contributed by atoms with Crippen LogP contribution in [0.5, 0.6) is 11.5 Å². The topological polar surface area (TPSA) is 29.5 Å². The van der Waals surface area contributed by atoms with Crippen molar-refractivity contribution in [3.05, 3.63) is 103 Å². The minimum absolute atomic E-state index is 0.0425. The molecule has 1 heterocycles. The summed E-state index contributed by atoms with van der Waals surface area (Å²) in [5.74, 6) is 2.21. The number of rotatable bonds is 4. The number of thioether (sulfide) groups is 1. The summed E-state index contributed by atoms with van der Waals surface area (Å²) in [7, 11) is 0. The third-order valence-electron chi connectivity index (χ3n) is 5.04. The summed E-state index contributed by atoms with van der Waals surface area (Å²) < 4.78 is 5.90. The normalized spacial score (nSPS) is 16.3. The summed E-state index contributed by atoms with van der Waals surface area (Å²) in [5, 5.41) is 2.19. The molecular formula is C25H19NO2S. The summed E-state index contributed by atoms with van der Waals surface area (Å²) in [6, 6.07) is 32.1. The van der Waals surface area contributed by atoms with Crippen molar-refractivity contribution in [2.75, 3.05) is 10.7 Å². The van der Waals surface area contributed by atoms with Crippen LogP contribution >= 0.6 is 11.8 Å². The fraction of sp³-hybridized carbons (Fsp3) is 0.0800. The fourth-order valence-electron chi connectivity index (χ4n) is 3.67. The molecule has 1 saturated heterocycles. The third kappa shape index (κ3) is 3.47. The number of amides is 1. The number of benzene rings is 4. The molecule has 1 amide bonds. The Morgan fingerprint density at radius 3 is 2.28 bits per heavy atom. The Morgan fingerprint density at radius 1 is 0.759 bits per heavy atom. The number of ether oxygens (including phenoxy) is 1. The number of nitrogens with zero attached hydrogens (tertiary/aromatic N) is 1. The monoisotopic (exact) mass is 397 g/mol. The Morgan fingerprint density at radius 2 is 1.45 bits per heavy atom. The van der Waals surface area contributed by atoms with Gasteiger partial charge in [0.1, 0.15) is 16.9 Å². The van der Waals surface area contributed by atoms with Crippen molar-refractivity contribution in [1.82, 2.24) is 0 Å². The molecule has 0 aromatic heterocycles. The van der Waals surface area contributed by atoms with Gasteiger partial charge < -0.3 is 4.74 Å². The van der Waals surface area contributed by atoms with E-state index in [1.807, 2.05) is 83.8 Å². The molecule has 0 aliphatic carbocycles.